The molecule has 1 atom stereocenters. The molecule has 15 heavy (non-hydrogen) atoms. The van der Waals surface area contributed by atoms with E-state index in [1.165, 1.54) is 0 Å². The van der Waals surface area contributed by atoms with Gasteiger partial charge in [-0.05, 0) is 20.4 Å². The molecule has 0 saturated heterocycles. The molecule has 1 aromatic heterocycles. The Labute approximate surface area is 100.0 Å². The Morgan fingerprint density at radius 1 is 1.53 bits per heavy atom. The van der Waals surface area contributed by atoms with Crippen LogP contribution in [0.1, 0.15) is 20.3 Å². The summed E-state index contributed by atoms with van der Waals surface area (Å²) in [4.78, 5) is 2.31. The van der Waals surface area contributed by atoms with E-state index >= 15 is 0 Å². The van der Waals surface area contributed by atoms with Gasteiger partial charge in [-0.25, -0.2) is 0 Å². The van der Waals surface area contributed by atoms with E-state index in [1.807, 2.05) is 0 Å². The van der Waals surface area contributed by atoms with E-state index in [2.05, 4.69) is 39.9 Å². The van der Waals surface area contributed by atoms with Gasteiger partial charge in [0.15, 0.2) is 11.0 Å². The fourth-order valence-electron chi connectivity index (χ4n) is 1.17. The highest BCUT2D eigenvalue weighted by Gasteiger charge is 2.07. The SMILES string of the molecule is CCC(C)N(C)CCNc1nsnc1Cl. The molecule has 0 bridgehead atoms. The van der Waals surface area contributed by atoms with Crippen LogP contribution in [0.15, 0.2) is 0 Å². The van der Waals surface area contributed by atoms with Gasteiger partial charge in [-0.15, -0.1) is 0 Å². The van der Waals surface area contributed by atoms with Crippen molar-refractivity contribution in [1.29, 1.82) is 0 Å². The van der Waals surface area contributed by atoms with Gasteiger partial charge in [0.1, 0.15) is 0 Å². The Kier molecular flexibility index (Phi) is 5.28. The lowest BCUT2D eigenvalue weighted by Crippen LogP contribution is -2.32. The van der Waals surface area contributed by atoms with Crippen molar-refractivity contribution in [3.63, 3.8) is 0 Å². The first-order valence-corrected chi connectivity index (χ1v) is 6.18. The van der Waals surface area contributed by atoms with Crippen LogP contribution in [0.5, 0.6) is 0 Å². The van der Waals surface area contributed by atoms with Gasteiger partial charge in [0.25, 0.3) is 0 Å². The maximum atomic E-state index is 5.81. The van der Waals surface area contributed by atoms with Crippen molar-refractivity contribution in [3.05, 3.63) is 5.15 Å². The molecule has 0 fully saturated rings. The molecule has 0 saturated carbocycles. The van der Waals surface area contributed by atoms with Gasteiger partial charge in [-0.3, -0.25) is 0 Å². The van der Waals surface area contributed by atoms with Gasteiger partial charge in [0.05, 0.1) is 11.7 Å². The summed E-state index contributed by atoms with van der Waals surface area (Å²) in [7, 11) is 2.12. The molecule has 4 nitrogen and oxygen atoms in total. The highest BCUT2D eigenvalue weighted by atomic mass is 35.5. The molecule has 1 rings (SSSR count). The minimum absolute atomic E-state index is 0.464. The maximum absolute atomic E-state index is 5.81. The molecule has 0 spiro atoms. The second-order valence-electron chi connectivity index (χ2n) is 3.57. The number of hydrogen-bond donors (Lipinski definition) is 1. The Hall–Kier alpha value is -0.390. The summed E-state index contributed by atoms with van der Waals surface area (Å²) in [6, 6.07) is 0.607. The molecule has 1 N–H and O–H groups in total. The number of hydrogen-bond acceptors (Lipinski definition) is 5. The number of rotatable bonds is 6. The molecule has 6 heteroatoms. The van der Waals surface area contributed by atoms with E-state index in [1.54, 1.807) is 0 Å². The van der Waals surface area contributed by atoms with Crippen molar-refractivity contribution < 1.29 is 0 Å². The zero-order valence-electron chi connectivity index (χ0n) is 9.33. The average molecular weight is 249 g/mol. The van der Waals surface area contributed by atoms with Crippen molar-refractivity contribution in [3.8, 4) is 0 Å². The van der Waals surface area contributed by atoms with Crippen LogP contribution < -0.4 is 5.32 Å². The molecule has 0 radical (unpaired) electrons. The third-order valence-electron chi connectivity index (χ3n) is 2.55. The number of likely N-dealkylation sites (N-methyl/N-ethyl adjacent to an activating group) is 1. The summed E-state index contributed by atoms with van der Waals surface area (Å²) in [5.74, 6) is 0.694. The third-order valence-corrected chi connectivity index (χ3v) is 3.44. The van der Waals surface area contributed by atoms with Gasteiger partial charge in [-0.2, -0.15) is 8.75 Å². The van der Waals surface area contributed by atoms with E-state index in [-0.39, 0.29) is 0 Å². The smallest absolute Gasteiger partial charge is 0.186 e. The largest absolute Gasteiger partial charge is 0.365 e. The Morgan fingerprint density at radius 2 is 2.27 bits per heavy atom. The molecule has 1 unspecified atom stereocenters. The first-order valence-electron chi connectivity index (χ1n) is 5.07. The molecule has 0 aromatic carbocycles. The van der Waals surface area contributed by atoms with E-state index < -0.39 is 0 Å². The number of halogens is 1. The third kappa shape index (κ3) is 3.93. The van der Waals surface area contributed by atoms with Gasteiger partial charge < -0.3 is 10.2 Å². The van der Waals surface area contributed by atoms with Crippen LogP contribution in [-0.2, 0) is 0 Å². The second kappa shape index (κ2) is 6.25. The zero-order valence-corrected chi connectivity index (χ0v) is 10.9. The summed E-state index contributed by atoms with van der Waals surface area (Å²) < 4.78 is 7.93. The summed E-state index contributed by atoms with van der Waals surface area (Å²) in [6.07, 6.45) is 1.16. The highest BCUT2D eigenvalue weighted by molar-refractivity contribution is 6.99. The van der Waals surface area contributed by atoms with Gasteiger partial charge in [-0.1, -0.05) is 18.5 Å². The van der Waals surface area contributed by atoms with Crippen LogP contribution in [0.4, 0.5) is 5.82 Å². The molecule has 1 aromatic rings. The van der Waals surface area contributed by atoms with Crippen LogP contribution in [0.3, 0.4) is 0 Å². The summed E-state index contributed by atoms with van der Waals surface area (Å²) >= 11 is 6.93. The van der Waals surface area contributed by atoms with E-state index in [4.69, 9.17) is 11.6 Å². The molecule has 86 valence electrons. The monoisotopic (exact) mass is 248 g/mol. The van der Waals surface area contributed by atoms with Crippen molar-refractivity contribution in [2.24, 2.45) is 0 Å². The van der Waals surface area contributed by atoms with Gasteiger partial charge in [0, 0.05) is 19.1 Å². The minimum Gasteiger partial charge on any atom is -0.365 e. The Bertz CT molecular complexity index is 291. The van der Waals surface area contributed by atoms with E-state index in [0.717, 1.165) is 31.2 Å². The Morgan fingerprint density at radius 3 is 2.80 bits per heavy atom. The number of nitrogens with one attached hydrogen (secondary N) is 1. The molecule has 0 aliphatic carbocycles. The van der Waals surface area contributed by atoms with Crippen LogP contribution in [0.25, 0.3) is 0 Å². The topological polar surface area (TPSA) is 41.0 Å². The zero-order chi connectivity index (χ0) is 11.3. The average Bonchev–Trinajstić information content (AvgIpc) is 2.63. The lowest BCUT2D eigenvalue weighted by molar-refractivity contribution is 0.261. The number of aromatic nitrogens is 2. The van der Waals surface area contributed by atoms with E-state index in [9.17, 15) is 0 Å². The second-order valence-corrected chi connectivity index (χ2v) is 4.45. The first kappa shape index (κ1) is 12.7. The summed E-state index contributed by atoms with van der Waals surface area (Å²) in [6.45, 7) is 6.22. The van der Waals surface area contributed by atoms with Crippen LogP contribution in [0.2, 0.25) is 5.15 Å². The van der Waals surface area contributed by atoms with E-state index in [0.29, 0.717) is 17.0 Å². The minimum atomic E-state index is 0.464. The quantitative estimate of drug-likeness (QED) is 0.839. The summed E-state index contributed by atoms with van der Waals surface area (Å²) in [5, 5.41) is 3.63. The number of anilines is 1. The van der Waals surface area contributed by atoms with Crippen LogP contribution >= 0.6 is 23.3 Å². The molecule has 0 amide bonds. The van der Waals surface area contributed by atoms with Crippen molar-refractivity contribution >= 4 is 29.1 Å². The maximum Gasteiger partial charge on any atom is 0.186 e. The lowest BCUT2D eigenvalue weighted by Gasteiger charge is -2.23. The highest BCUT2D eigenvalue weighted by Crippen LogP contribution is 2.17. The lowest BCUT2D eigenvalue weighted by atomic mass is 10.2. The van der Waals surface area contributed by atoms with Crippen LogP contribution in [0, 0.1) is 0 Å². The predicted molar refractivity (Wildman–Crippen MR) is 65.8 cm³/mol. The first-order chi connectivity index (χ1) is 7.15. The van der Waals surface area contributed by atoms with Crippen molar-refractivity contribution in [2.75, 3.05) is 25.5 Å². The predicted octanol–water partition coefficient (Wildman–Crippen LogP) is 2.33. The molecule has 0 aliphatic heterocycles. The fraction of sp³-hybridized carbons (Fsp3) is 0.778. The fourth-order valence-corrected chi connectivity index (χ4v) is 1.85. The number of nitrogens with zero attached hydrogens (tertiary/aromatic N) is 3. The van der Waals surface area contributed by atoms with Crippen molar-refractivity contribution in [1.82, 2.24) is 13.6 Å². The summed E-state index contributed by atoms with van der Waals surface area (Å²) in [5.41, 5.74) is 0. The molecular weight excluding hydrogens is 232 g/mol. The molecular formula is C9H17ClN4S. The molecule has 0 aliphatic rings. The standard InChI is InChI=1S/C9H17ClN4S/c1-4-7(2)14(3)6-5-11-9-8(10)12-15-13-9/h7H,4-6H2,1-3H3,(H,11,13). The molecule has 1 heterocycles. The van der Waals surface area contributed by atoms with Gasteiger partial charge in [0.2, 0.25) is 0 Å². The van der Waals surface area contributed by atoms with Crippen molar-refractivity contribution in [2.45, 2.75) is 26.3 Å². The van der Waals surface area contributed by atoms with Gasteiger partial charge >= 0.3 is 0 Å². The van der Waals surface area contributed by atoms with Crippen LogP contribution in [-0.4, -0.2) is 39.8 Å². The normalized spacial score (nSPS) is 13.1. The Balaban J connectivity index is 2.25.